The van der Waals surface area contributed by atoms with Gasteiger partial charge in [-0.05, 0) is 35.9 Å². The molecule has 0 radical (unpaired) electrons. The Kier molecular flexibility index (Phi) is 4.26. The molecule has 0 N–H and O–H groups in total. The molecule has 0 spiro atoms. The molecular formula is C20H10BrN3O5S. The maximum absolute atomic E-state index is 13.4. The Morgan fingerprint density at radius 3 is 2.60 bits per heavy atom. The molecule has 0 saturated carbocycles. The molecule has 1 amide bonds. The number of non-ortho nitro benzene ring substituents is 1. The smallest absolute Gasteiger partial charge is 0.297 e. The molecular weight excluding hydrogens is 474 g/mol. The summed E-state index contributed by atoms with van der Waals surface area (Å²) in [4.78, 5) is 42.8. The van der Waals surface area contributed by atoms with E-state index in [-0.39, 0.29) is 22.4 Å². The van der Waals surface area contributed by atoms with Gasteiger partial charge in [0.15, 0.2) is 10.6 Å². The van der Waals surface area contributed by atoms with Crippen molar-refractivity contribution in [2.75, 3.05) is 4.90 Å². The Morgan fingerprint density at radius 1 is 1.17 bits per heavy atom. The Balaban J connectivity index is 1.79. The van der Waals surface area contributed by atoms with Crippen LogP contribution < -0.4 is 10.3 Å². The van der Waals surface area contributed by atoms with Crippen molar-refractivity contribution in [3.8, 4) is 0 Å². The van der Waals surface area contributed by atoms with Gasteiger partial charge < -0.3 is 4.42 Å². The topological polar surface area (TPSA) is 107 Å². The minimum atomic E-state index is -0.806. The van der Waals surface area contributed by atoms with Crippen LogP contribution in [0.15, 0.2) is 67.7 Å². The normalized spacial score (nSPS) is 15.6. The molecule has 2 aromatic carbocycles. The van der Waals surface area contributed by atoms with Gasteiger partial charge in [0.25, 0.3) is 11.6 Å². The lowest BCUT2D eigenvalue weighted by Gasteiger charge is -2.22. The van der Waals surface area contributed by atoms with Crippen molar-refractivity contribution in [2.24, 2.45) is 0 Å². The first-order valence-electron chi connectivity index (χ1n) is 8.69. The van der Waals surface area contributed by atoms with Crippen LogP contribution in [0.25, 0.3) is 11.0 Å². The number of benzene rings is 2. The highest BCUT2D eigenvalue weighted by molar-refractivity contribution is 9.10. The Morgan fingerprint density at radius 2 is 1.93 bits per heavy atom. The van der Waals surface area contributed by atoms with Crippen LogP contribution >= 0.6 is 27.3 Å². The average Bonchev–Trinajstić information content (AvgIpc) is 3.35. The molecule has 8 nitrogen and oxygen atoms in total. The van der Waals surface area contributed by atoms with Crippen LogP contribution in [0.3, 0.4) is 0 Å². The van der Waals surface area contributed by atoms with Gasteiger partial charge in [0.05, 0.1) is 21.9 Å². The van der Waals surface area contributed by atoms with Crippen LogP contribution in [-0.2, 0) is 0 Å². The van der Waals surface area contributed by atoms with Crippen molar-refractivity contribution in [3.05, 3.63) is 95.7 Å². The van der Waals surface area contributed by atoms with Crippen molar-refractivity contribution >= 4 is 55.0 Å². The summed E-state index contributed by atoms with van der Waals surface area (Å²) in [6.45, 7) is 0. The third-order valence-corrected chi connectivity index (χ3v) is 6.14. The Bertz CT molecular complexity index is 1380. The predicted molar refractivity (Wildman–Crippen MR) is 114 cm³/mol. The van der Waals surface area contributed by atoms with Gasteiger partial charge in [0, 0.05) is 28.2 Å². The second kappa shape index (κ2) is 6.85. The number of aromatic nitrogens is 1. The van der Waals surface area contributed by atoms with Crippen molar-refractivity contribution < 1.29 is 14.1 Å². The van der Waals surface area contributed by atoms with Crippen molar-refractivity contribution in [1.82, 2.24) is 4.98 Å². The Labute approximate surface area is 180 Å². The number of carbonyl (C=O) groups is 1. The highest BCUT2D eigenvalue weighted by atomic mass is 79.9. The molecule has 10 heteroatoms. The molecule has 0 fully saturated rings. The molecule has 2 aromatic heterocycles. The number of rotatable bonds is 3. The number of amides is 1. The number of nitrogens with zero attached hydrogens (tertiary/aromatic N) is 3. The molecule has 1 aliphatic rings. The van der Waals surface area contributed by atoms with Crippen LogP contribution in [0.2, 0.25) is 0 Å². The summed E-state index contributed by atoms with van der Waals surface area (Å²) in [7, 11) is 0. The van der Waals surface area contributed by atoms with E-state index in [1.165, 1.54) is 40.5 Å². The van der Waals surface area contributed by atoms with E-state index >= 15 is 0 Å². The van der Waals surface area contributed by atoms with E-state index < -0.39 is 16.9 Å². The summed E-state index contributed by atoms with van der Waals surface area (Å²) in [5.41, 5.74) is 0.625. The molecule has 1 atom stereocenters. The van der Waals surface area contributed by atoms with E-state index in [1.54, 1.807) is 29.8 Å². The molecule has 30 heavy (non-hydrogen) atoms. The van der Waals surface area contributed by atoms with E-state index in [0.29, 0.717) is 26.1 Å². The zero-order chi connectivity index (χ0) is 21.0. The van der Waals surface area contributed by atoms with Crippen molar-refractivity contribution in [3.63, 3.8) is 0 Å². The van der Waals surface area contributed by atoms with Gasteiger partial charge in [-0.15, -0.1) is 11.3 Å². The second-order valence-electron chi connectivity index (χ2n) is 6.56. The standard InChI is InChI=1S/C20H10BrN3O5S/c21-11-3-6-14-13(9-11)17(25)15-16(10-1-4-12(5-2-10)24(27)28)23(19(26)18(15)29-14)20-22-7-8-30-20/h1-9,16H/t16-/m1/s1. The van der Waals surface area contributed by atoms with Gasteiger partial charge >= 0.3 is 0 Å². The average molecular weight is 484 g/mol. The lowest BCUT2D eigenvalue weighted by Crippen LogP contribution is -2.29. The highest BCUT2D eigenvalue weighted by Gasteiger charge is 2.44. The maximum atomic E-state index is 13.4. The van der Waals surface area contributed by atoms with Gasteiger partial charge in [0.1, 0.15) is 5.58 Å². The monoisotopic (exact) mass is 483 g/mol. The van der Waals surface area contributed by atoms with Gasteiger partial charge in [-0.25, -0.2) is 4.98 Å². The van der Waals surface area contributed by atoms with Gasteiger partial charge in [-0.2, -0.15) is 0 Å². The minimum Gasteiger partial charge on any atom is -0.450 e. The molecule has 1 aliphatic heterocycles. The molecule has 3 heterocycles. The summed E-state index contributed by atoms with van der Waals surface area (Å²) < 4.78 is 6.55. The second-order valence-corrected chi connectivity index (χ2v) is 8.34. The summed E-state index contributed by atoms with van der Waals surface area (Å²) in [6, 6.07) is 9.95. The van der Waals surface area contributed by atoms with Crippen molar-refractivity contribution in [1.29, 1.82) is 0 Å². The SMILES string of the molecule is O=C1c2oc3ccc(Br)cc3c(=O)c2[C@@H](c2ccc([N+](=O)[O-])cc2)N1c1nccs1. The summed E-state index contributed by atoms with van der Waals surface area (Å²) in [5, 5.41) is 13.5. The lowest BCUT2D eigenvalue weighted by atomic mass is 9.98. The highest BCUT2D eigenvalue weighted by Crippen LogP contribution is 2.42. The fourth-order valence-electron chi connectivity index (χ4n) is 3.57. The molecule has 148 valence electrons. The van der Waals surface area contributed by atoms with E-state index in [2.05, 4.69) is 20.9 Å². The van der Waals surface area contributed by atoms with Crippen LogP contribution in [0.5, 0.6) is 0 Å². The third-order valence-electron chi connectivity index (χ3n) is 4.88. The first kappa shape index (κ1) is 18.6. The van der Waals surface area contributed by atoms with Crippen LogP contribution in [0, 0.1) is 10.1 Å². The van der Waals surface area contributed by atoms with Gasteiger partial charge in [-0.3, -0.25) is 24.6 Å². The summed E-state index contributed by atoms with van der Waals surface area (Å²) in [5.74, 6) is -0.529. The Hall–Kier alpha value is -3.37. The number of nitro groups is 1. The number of hydrogen-bond acceptors (Lipinski definition) is 7. The van der Waals surface area contributed by atoms with E-state index in [1.807, 2.05) is 0 Å². The summed E-state index contributed by atoms with van der Waals surface area (Å²) >= 11 is 4.60. The molecule has 0 unspecified atom stereocenters. The number of nitro benzene ring substituents is 1. The number of thiazole rings is 1. The molecule has 5 rings (SSSR count). The van der Waals surface area contributed by atoms with E-state index in [9.17, 15) is 19.7 Å². The zero-order valence-electron chi connectivity index (χ0n) is 14.9. The molecule has 0 saturated heterocycles. The third kappa shape index (κ3) is 2.76. The largest absolute Gasteiger partial charge is 0.450 e. The molecule has 0 aliphatic carbocycles. The number of carbonyl (C=O) groups excluding carboxylic acids is 1. The number of halogens is 1. The predicted octanol–water partition coefficient (Wildman–Crippen LogP) is 4.67. The van der Waals surface area contributed by atoms with E-state index in [4.69, 9.17) is 4.42 Å². The van der Waals surface area contributed by atoms with Gasteiger partial charge in [0.2, 0.25) is 5.76 Å². The first-order valence-corrected chi connectivity index (χ1v) is 10.4. The molecule has 0 bridgehead atoms. The quantitative estimate of drug-likeness (QED) is 0.309. The summed E-state index contributed by atoms with van der Waals surface area (Å²) in [6.07, 6.45) is 1.56. The van der Waals surface area contributed by atoms with Crippen LogP contribution in [0.1, 0.15) is 27.7 Å². The van der Waals surface area contributed by atoms with E-state index in [0.717, 1.165) is 0 Å². The van der Waals surface area contributed by atoms with Crippen LogP contribution in [-0.4, -0.2) is 15.8 Å². The van der Waals surface area contributed by atoms with Gasteiger partial charge in [-0.1, -0.05) is 15.9 Å². The zero-order valence-corrected chi connectivity index (χ0v) is 17.3. The fraction of sp³-hybridized carbons (Fsp3) is 0.0500. The number of fused-ring (bicyclic) bond motifs is 2. The minimum absolute atomic E-state index is 0.0478. The van der Waals surface area contributed by atoms with Crippen LogP contribution in [0.4, 0.5) is 10.8 Å². The first-order chi connectivity index (χ1) is 14.5. The van der Waals surface area contributed by atoms with Crippen molar-refractivity contribution in [2.45, 2.75) is 6.04 Å². The molecule has 4 aromatic rings. The number of hydrogen-bond donors (Lipinski definition) is 0. The fourth-order valence-corrected chi connectivity index (χ4v) is 4.60. The lowest BCUT2D eigenvalue weighted by molar-refractivity contribution is -0.384. The maximum Gasteiger partial charge on any atom is 0.297 e. The number of anilines is 1.